The Bertz CT molecular complexity index is 560. The van der Waals surface area contributed by atoms with Gasteiger partial charge >= 0.3 is 6.03 Å². The summed E-state index contributed by atoms with van der Waals surface area (Å²) < 4.78 is 24.6. The number of urea groups is 1. The van der Waals surface area contributed by atoms with E-state index < -0.39 is 5.82 Å². The maximum atomic E-state index is 13.9. The molecule has 2 fully saturated rings. The smallest absolute Gasteiger partial charge is 0.322 e. The minimum absolute atomic E-state index is 0.126. The standard InChI is InChI=1S/C18H26FN3O3/c19-16-3-1-2-4-17(16)20-18(23)22(15-5-11-24-12-6-15)8-7-21-9-13-25-14-10-21/h1-4,15H,5-14H2,(H,20,23). The van der Waals surface area contributed by atoms with E-state index in [9.17, 15) is 9.18 Å². The molecule has 3 rings (SSSR count). The van der Waals surface area contributed by atoms with E-state index in [0.29, 0.717) is 19.8 Å². The van der Waals surface area contributed by atoms with E-state index in [2.05, 4.69) is 10.2 Å². The molecule has 1 aromatic carbocycles. The van der Waals surface area contributed by atoms with Crippen molar-refractivity contribution in [1.82, 2.24) is 9.80 Å². The van der Waals surface area contributed by atoms with E-state index in [0.717, 1.165) is 45.7 Å². The number of carbonyl (C=O) groups excluding carboxylic acids is 1. The van der Waals surface area contributed by atoms with Crippen molar-refractivity contribution in [1.29, 1.82) is 0 Å². The van der Waals surface area contributed by atoms with E-state index in [1.165, 1.54) is 6.07 Å². The predicted octanol–water partition coefficient (Wildman–Crippen LogP) is 2.17. The van der Waals surface area contributed by atoms with E-state index in [4.69, 9.17) is 9.47 Å². The van der Waals surface area contributed by atoms with Crippen LogP contribution >= 0.6 is 0 Å². The summed E-state index contributed by atoms with van der Waals surface area (Å²) in [5, 5.41) is 2.72. The Hall–Kier alpha value is -1.70. The van der Waals surface area contributed by atoms with Crippen LogP contribution in [0, 0.1) is 5.82 Å². The molecule has 0 spiro atoms. The fraction of sp³-hybridized carbons (Fsp3) is 0.611. The fourth-order valence-corrected chi connectivity index (χ4v) is 3.27. The lowest BCUT2D eigenvalue weighted by Gasteiger charge is -2.36. The maximum absolute atomic E-state index is 13.9. The number of nitrogens with zero attached hydrogens (tertiary/aromatic N) is 2. The molecule has 6 nitrogen and oxygen atoms in total. The summed E-state index contributed by atoms with van der Waals surface area (Å²) in [6.45, 7) is 5.97. The van der Waals surface area contributed by atoms with Gasteiger partial charge in [0, 0.05) is 45.4 Å². The van der Waals surface area contributed by atoms with E-state index >= 15 is 0 Å². The van der Waals surface area contributed by atoms with Crippen LogP contribution in [0.1, 0.15) is 12.8 Å². The first-order chi connectivity index (χ1) is 12.2. The quantitative estimate of drug-likeness (QED) is 0.883. The number of benzene rings is 1. The molecule has 2 aliphatic heterocycles. The van der Waals surface area contributed by atoms with Gasteiger partial charge in [-0.25, -0.2) is 9.18 Å². The number of rotatable bonds is 5. The van der Waals surface area contributed by atoms with Gasteiger partial charge in [-0.1, -0.05) is 12.1 Å². The number of anilines is 1. The minimum atomic E-state index is -0.420. The molecule has 2 saturated heterocycles. The van der Waals surface area contributed by atoms with Crippen molar-refractivity contribution in [3.8, 4) is 0 Å². The Labute approximate surface area is 147 Å². The lowest BCUT2D eigenvalue weighted by molar-refractivity contribution is 0.0238. The Kier molecular flexibility index (Phi) is 6.61. The van der Waals surface area contributed by atoms with Crippen LogP contribution in [0.4, 0.5) is 14.9 Å². The van der Waals surface area contributed by atoms with Gasteiger partial charge in [0.25, 0.3) is 0 Å². The van der Waals surface area contributed by atoms with Crippen molar-refractivity contribution in [2.75, 3.05) is 57.9 Å². The third-order valence-corrected chi connectivity index (χ3v) is 4.77. The molecule has 2 aliphatic rings. The van der Waals surface area contributed by atoms with Crippen LogP contribution in [-0.2, 0) is 9.47 Å². The summed E-state index contributed by atoms with van der Waals surface area (Å²) in [6, 6.07) is 6.14. The highest BCUT2D eigenvalue weighted by atomic mass is 19.1. The molecular formula is C18H26FN3O3. The Morgan fingerprint density at radius 3 is 2.56 bits per heavy atom. The highest BCUT2D eigenvalue weighted by Crippen LogP contribution is 2.18. The van der Waals surface area contributed by atoms with Gasteiger partial charge in [-0.3, -0.25) is 4.90 Å². The summed E-state index contributed by atoms with van der Waals surface area (Å²) in [5.74, 6) is -0.420. The second kappa shape index (κ2) is 9.12. The second-order valence-corrected chi connectivity index (χ2v) is 6.40. The SMILES string of the molecule is O=C(Nc1ccccc1F)N(CCN1CCOCC1)C1CCOCC1. The summed E-state index contributed by atoms with van der Waals surface area (Å²) in [7, 11) is 0. The summed E-state index contributed by atoms with van der Waals surface area (Å²) in [5.41, 5.74) is 0.218. The van der Waals surface area contributed by atoms with Gasteiger partial charge in [0.1, 0.15) is 5.82 Å². The predicted molar refractivity (Wildman–Crippen MR) is 93.2 cm³/mol. The lowest BCUT2D eigenvalue weighted by atomic mass is 10.1. The first-order valence-corrected chi connectivity index (χ1v) is 8.94. The van der Waals surface area contributed by atoms with Crippen LogP contribution < -0.4 is 5.32 Å². The molecule has 0 radical (unpaired) electrons. The first kappa shape index (κ1) is 18.1. The Balaban J connectivity index is 1.64. The molecule has 0 unspecified atom stereocenters. The average molecular weight is 351 g/mol. The monoisotopic (exact) mass is 351 g/mol. The van der Waals surface area contributed by atoms with Gasteiger partial charge in [0.05, 0.1) is 18.9 Å². The molecule has 0 aliphatic carbocycles. The van der Waals surface area contributed by atoms with Gasteiger partial charge in [0.2, 0.25) is 0 Å². The number of amides is 2. The number of halogens is 1. The molecule has 0 bridgehead atoms. The van der Waals surface area contributed by atoms with Crippen molar-refractivity contribution < 1.29 is 18.7 Å². The summed E-state index contributed by atoms with van der Waals surface area (Å²) in [4.78, 5) is 16.9. The second-order valence-electron chi connectivity index (χ2n) is 6.40. The molecule has 2 heterocycles. The molecule has 0 saturated carbocycles. The number of hydrogen-bond donors (Lipinski definition) is 1. The van der Waals surface area contributed by atoms with Gasteiger partial charge < -0.3 is 19.7 Å². The van der Waals surface area contributed by atoms with Gasteiger partial charge in [-0.15, -0.1) is 0 Å². The normalized spacial score (nSPS) is 19.6. The van der Waals surface area contributed by atoms with Crippen LogP contribution in [-0.4, -0.2) is 74.5 Å². The molecular weight excluding hydrogens is 325 g/mol. The fourth-order valence-electron chi connectivity index (χ4n) is 3.27. The number of hydrogen-bond acceptors (Lipinski definition) is 4. The van der Waals surface area contributed by atoms with Crippen molar-refractivity contribution in [3.63, 3.8) is 0 Å². The Morgan fingerprint density at radius 2 is 1.84 bits per heavy atom. The van der Waals surface area contributed by atoms with Gasteiger partial charge in [-0.05, 0) is 25.0 Å². The van der Waals surface area contributed by atoms with Crippen LogP contribution in [0.2, 0.25) is 0 Å². The topological polar surface area (TPSA) is 54.0 Å². The van der Waals surface area contributed by atoms with Crippen LogP contribution in [0.15, 0.2) is 24.3 Å². The third-order valence-electron chi connectivity index (χ3n) is 4.77. The molecule has 138 valence electrons. The van der Waals surface area contributed by atoms with Crippen LogP contribution in [0.5, 0.6) is 0 Å². The highest BCUT2D eigenvalue weighted by molar-refractivity contribution is 5.89. The average Bonchev–Trinajstić information content (AvgIpc) is 2.65. The number of carbonyl (C=O) groups is 1. The zero-order valence-electron chi connectivity index (χ0n) is 14.5. The zero-order chi connectivity index (χ0) is 17.5. The summed E-state index contributed by atoms with van der Waals surface area (Å²) in [6.07, 6.45) is 1.63. The molecule has 7 heteroatoms. The molecule has 0 aromatic heterocycles. The number of ether oxygens (including phenoxy) is 2. The summed E-state index contributed by atoms with van der Waals surface area (Å²) >= 11 is 0. The number of para-hydroxylation sites is 1. The van der Waals surface area contributed by atoms with Crippen LogP contribution in [0.3, 0.4) is 0 Å². The van der Waals surface area contributed by atoms with Crippen molar-refractivity contribution in [2.24, 2.45) is 0 Å². The number of nitrogens with one attached hydrogen (secondary N) is 1. The van der Waals surface area contributed by atoms with Crippen molar-refractivity contribution >= 4 is 11.7 Å². The Morgan fingerprint density at radius 1 is 1.16 bits per heavy atom. The number of morpholine rings is 1. The first-order valence-electron chi connectivity index (χ1n) is 8.94. The van der Waals surface area contributed by atoms with Crippen molar-refractivity contribution in [2.45, 2.75) is 18.9 Å². The van der Waals surface area contributed by atoms with Crippen LogP contribution in [0.25, 0.3) is 0 Å². The zero-order valence-corrected chi connectivity index (χ0v) is 14.5. The van der Waals surface area contributed by atoms with Crippen molar-refractivity contribution in [3.05, 3.63) is 30.1 Å². The minimum Gasteiger partial charge on any atom is -0.381 e. The van der Waals surface area contributed by atoms with Gasteiger partial charge in [0.15, 0.2) is 0 Å². The third kappa shape index (κ3) is 5.14. The molecule has 1 aromatic rings. The molecule has 25 heavy (non-hydrogen) atoms. The highest BCUT2D eigenvalue weighted by Gasteiger charge is 2.27. The molecule has 1 N–H and O–H groups in total. The van der Waals surface area contributed by atoms with E-state index in [1.807, 2.05) is 4.90 Å². The lowest BCUT2D eigenvalue weighted by Crippen LogP contribution is -2.49. The maximum Gasteiger partial charge on any atom is 0.322 e. The largest absolute Gasteiger partial charge is 0.381 e. The van der Waals surface area contributed by atoms with E-state index in [-0.39, 0.29) is 17.8 Å². The molecule has 0 atom stereocenters. The van der Waals surface area contributed by atoms with Gasteiger partial charge in [-0.2, -0.15) is 0 Å². The molecule has 2 amide bonds. The van der Waals surface area contributed by atoms with E-state index in [1.54, 1.807) is 18.2 Å².